The van der Waals surface area contributed by atoms with Crippen LogP contribution in [0.15, 0.2) is 30.3 Å². The van der Waals surface area contributed by atoms with E-state index in [0.717, 1.165) is 25.7 Å². The van der Waals surface area contributed by atoms with Gasteiger partial charge in [0, 0.05) is 6.54 Å². The zero-order chi connectivity index (χ0) is 15.1. The maximum atomic E-state index is 12.7. The molecule has 0 atom stereocenters. The Balaban J connectivity index is 2.16. The summed E-state index contributed by atoms with van der Waals surface area (Å²) >= 11 is 0. The van der Waals surface area contributed by atoms with Crippen molar-refractivity contribution in [3.63, 3.8) is 0 Å². The lowest BCUT2D eigenvalue weighted by Crippen LogP contribution is -2.36. The number of rotatable bonds is 6. The van der Waals surface area contributed by atoms with Crippen molar-refractivity contribution in [3.8, 4) is 6.07 Å². The fraction of sp³-hybridized carbons (Fsp3) is 0.562. The second-order valence-electron chi connectivity index (χ2n) is 5.60. The molecule has 0 N–H and O–H groups in total. The van der Waals surface area contributed by atoms with Gasteiger partial charge in [-0.05, 0) is 30.9 Å². The normalized spacial score (nSPS) is 16.3. The quantitative estimate of drug-likeness (QED) is 0.810. The highest BCUT2D eigenvalue weighted by atomic mass is 32.2. The van der Waals surface area contributed by atoms with Crippen molar-refractivity contribution in [2.75, 3.05) is 16.6 Å². The second-order valence-corrected chi connectivity index (χ2v) is 7.54. The van der Waals surface area contributed by atoms with E-state index in [1.807, 2.05) is 24.3 Å². The van der Waals surface area contributed by atoms with Crippen LogP contribution in [-0.2, 0) is 10.0 Å². The number of para-hydroxylation sites is 1. The van der Waals surface area contributed by atoms with Crippen LogP contribution < -0.4 is 4.31 Å². The second kappa shape index (κ2) is 7.46. The number of anilines is 1. The molecule has 1 saturated carbocycles. The molecule has 0 spiro atoms. The molecule has 0 aromatic heterocycles. The van der Waals surface area contributed by atoms with Gasteiger partial charge in [0.1, 0.15) is 0 Å². The Kier molecular flexibility index (Phi) is 5.63. The zero-order valence-electron chi connectivity index (χ0n) is 12.2. The van der Waals surface area contributed by atoms with Crippen LogP contribution in [0.1, 0.15) is 38.5 Å². The number of nitriles is 1. The SMILES string of the molecule is N#CCCN(c1ccccc1)S(=O)(=O)CC1CCCCC1. The van der Waals surface area contributed by atoms with Gasteiger partial charge < -0.3 is 0 Å². The van der Waals surface area contributed by atoms with Crippen molar-refractivity contribution in [2.24, 2.45) is 5.92 Å². The minimum Gasteiger partial charge on any atom is -0.269 e. The van der Waals surface area contributed by atoms with E-state index in [2.05, 4.69) is 0 Å². The summed E-state index contributed by atoms with van der Waals surface area (Å²) in [5.41, 5.74) is 0.656. The number of hydrogen-bond acceptors (Lipinski definition) is 3. The third kappa shape index (κ3) is 4.47. The molecule has 5 heteroatoms. The summed E-state index contributed by atoms with van der Waals surface area (Å²) in [5, 5.41) is 8.78. The van der Waals surface area contributed by atoms with Gasteiger partial charge in [-0.2, -0.15) is 5.26 Å². The lowest BCUT2D eigenvalue weighted by atomic mass is 9.91. The Hall–Kier alpha value is -1.54. The first kappa shape index (κ1) is 15.8. The average molecular weight is 306 g/mol. The molecule has 21 heavy (non-hydrogen) atoms. The van der Waals surface area contributed by atoms with Crippen molar-refractivity contribution in [1.29, 1.82) is 5.26 Å². The molecule has 114 valence electrons. The van der Waals surface area contributed by atoms with Crippen LogP contribution in [0.3, 0.4) is 0 Å². The van der Waals surface area contributed by atoms with E-state index in [4.69, 9.17) is 5.26 Å². The number of hydrogen-bond donors (Lipinski definition) is 0. The molecule has 0 aliphatic heterocycles. The molecular weight excluding hydrogens is 284 g/mol. The molecular formula is C16H22N2O2S. The van der Waals surface area contributed by atoms with Crippen LogP contribution in [0.2, 0.25) is 0 Å². The van der Waals surface area contributed by atoms with E-state index in [0.29, 0.717) is 5.69 Å². The smallest absolute Gasteiger partial charge is 0.235 e. The van der Waals surface area contributed by atoms with Gasteiger partial charge in [-0.3, -0.25) is 4.31 Å². The van der Waals surface area contributed by atoms with Gasteiger partial charge in [-0.15, -0.1) is 0 Å². The lowest BCUT2D eigenvalue weighted by molar-refractivity contribution is 0.384. The topological polar surface area (TPSA) is 61.2 Å². The predicted molar refractivity (Wildman–Crippen MR) is 84.4 cm³/mol. The largest absolute Gasteiger partial charge is 0.269 e. The average Bonchev–Trinajstić information content (AvgIpc) is 2.49. The maximum absolute atomic E-state index is 12.7. The standard InChI is InChI=1S/C16H22N2O2S/c17-12-7-13-18(16-10-5-2-6-11-16)21(19,20)14-15-8-3-1-4-9-15/h2,5-6,10-11,15H,1,3-4,7-9,13-14H2. The first-order valence-corrected chi connectivity index (χ1v) is 9.17. The third-order valence-corrected chi connectivity index (χ3v) is 5.94. The molecule has 1 aromatic rings. The summed E-state index contributed by atoms with van der Waals surface area (Å²) in [6.07, 6.45) is 5.68. The summed E-state index contributed by atoms with van der Waals surface area (Å²) in [5.74, 6) is 0.463. The summed E-state index contributed by atoms with van der Waals surface area (Å²) in [7, 11) is -3.37. The van der Waals surface area contributed by atoms with Crippen LogP contribution in [0.25, 0.3) is 0 Å². The lowest BCUT2D eigenvalue weighted by Gasteiger charge is -2.28. The van der Waals surface area contributed by atoms with Crippen LogP contribution in [0, 0.1) is 17.2 Å². The fourth-order valence-electron chi connectivity index (χ4n) is 2.92. The Labute approximate surface area is 127 Å². The first-order valence-electron chi connectivity index (χ1n) is 7.56. The van der Waals surface area contributed by atoms with E-state index in [1.165, 1.54) is 10.7 Å². The molecule has 1 aliphatic rings. The van der Waals surface area contributed by atoms with Crippen molar-refractivity contribution in [3.05, 3.63) is 30.3 Å². The zero-order valence-corrected chi connectivity index (χ0v) is 13.1. The predicted octanol–water partition coefficient (Wildman–Crippen LogP) is 3.32. The molecule has 1 aromatic carbocycles. The molecule has 0 saturated heterocycles. The van der Waals surface area contributed by atoms with Crippen LogP contribution >= 0.6 is 0 Å². The van der Waals surface area contributed by atoms with Crippen LogP contribution in [0.5, 0.6) is 0 Å². The molecule has 2 rings (SSSR count). The van der Waals surface area contributed by atoms with Crippen molar-refractivity contribution in [2.45, 2.75) is 38.5 Å². The maximum Gasteiger partial charge on any atom is 0.235 e. The van der Waals surface area contributed by atoms with Gasteiger partial charge in [-0.25, -0.2) is 8.42 Å². The van der Waals surface area contributed by atoms with E-state index >= 15 is 0 Å². The van der Waals surface area contributed by atoms with Gasteiger partial charge in [0.25, 0.3) is 0 Å². The molecule has 0 bridgehead atoms. The highest BCUT2D eigenvalue weighted by Crippen LogP contribution is 2.27. The Morgan fingerprint density at radius 3 is 2.43 bits per heavy atom. The minimum absolute atomic E-state index is 0.202. The number of nitrogens with zero attached hydrogens (tertiary/aromatic N) is 2. The molecule has 1 aliphatic carbocycles. The van der Waals surface area contributed by atoms with Gasteiger partial charge in [-0.1, -0.05) is 37.5 Å². The summed E-state index contributed by atoms with van der Waals surface area (Å²) in [4.78, 5) is 0. The Bertz CT molecular complexity index is 572. The highest BCUT2D eigenvalue weighted by molar-refractivity contribution is 7.92. The molecule has 0 radical (unpaired) electrons. The first-order chi connectivity index (χ1) is 10.1. The highest BCUT2D eigenvalue weighted by Gasteiger charge is 2.27. The van der Waals surface area contributed by atoms with E-state index in [-0.39, 0.29) is 24.6 Å². The number of sulfonamides is 1. The molecule has 0 heterocycles. The fourth-order valence-corrected chi connectivity index (χ4v) is 4.84. The van der Waals surface area contributed by atoms with Gasteiger partial charge in [0.05, 0.1) is 23.9 Å². The van der Waals surface area contributed by atoms with Crippen molar-refractivity contribution >= 4 is 15.7 Å². The minimum atomic E-state index is -3.37. The van der Waals surface area contributed by atoms with E-state index < -0.39 is 10.0 Å². The summed E-state index contributed by atoms with van der Waals surface area (Å²) in [6.45, 7) is 0.232. The van der Waals surface area contributed by atoms with Crippen molar-refractivity contribution < 1.29 is 8.42 Å². The van der Waals surface area contributed by atoms with Crippen molar-refractivity contribution in [1.82, 2.24) is 0 Å². The Morgan fingerprint density at radius 2 is 1.81 bits per heavy atom. The monoisotopic (exact) mass is 306 g/mol. The van der Waals surface area contributed by atoms with Crippen LogP contribution in [0.4, 0.5) is 5.69 Å². The van der Waals surface area contributed by atoms with E-state index in [1.54, 1.807) is 12.1 Å². The molecule has 4 nitrogen and oxygen atoms in total. The van der Waals surface area contributed by atoms with Crippen LogP contribution in [-0.4, -0.2) is 20.7 Å². The molecule has 1 fully saturated rings. The van der Waals surface area contributed by atoms with Gasteiger partial charge in [0.2, 0.25) is 10.0 Å². The van der Waals surface area contributed by atoms with Gasteiger partial charge >= 0.3 is 0 Å². The van der Waals surface area contributed by atoms with E-state index in [9.17, 15) is 8.42 Å². The molecule has 0 amide bonds. The third-order valence-electron chi connectivity index (χ3n) is 3.98. The molecule has 0 unspecified atom stereocenters. The Morgan fingerprint density at radius 1 is 1.14 bits per heavy atom. The summed E-state index contributed by atoms with van der Waals surface area (Å²) < 4.78 is 26.9. The number of benzene rings is 1. The van der Waals surface area contributed by atoms with Gasteiger partial charge in [0.15, 0.2) is 0 Å². The summed E-state index contributed by atoms with van der Waals surface area (Å²) in [6, 6.07) is 11.1.